The van der Waals surface area contributed by atoms with Crippen molar-refractivity contribution in [2.75, 3.05) is 0 Å². The molecule has 0 fully saturated rings. The Kier molecular flexibility index (Phi) is 1.93. The van der Waals surface area contributed by atoms with Gasteiger partial charge < -0.3 is 5.73 Å². The summed E-state index contributed by atoms with van der Waals surface area (Å²) in [6.07, 6.45) is 1.62. The highest BCUT2D eigenvalue weighted by Gasteiger charge is 2.24. The van der Waals surface area contributed by atoms with E-state index in [2.05, 4.69) is 15.9 Å². The molecular formula is C9H9BrFN. The van der Waals surface area contributed by atoms with Gasteiger partial charge in [0.25, 0.3) is 0 Å². The van der Waals surface area contributed by atoms with E-state index in [1.807, 2.05) is 0 Å². The number of hydrogen-bond donors (Lipinski definition) is 1. The average molecular weight is 230 g/mol. The number of benzene rings is 1. The van der Waals surface area contributed by atoms with Gasteiger partial charge in [-0.15, -0.1) is 0 Å². The number of hydrogen-bond acceptors (Lipinski definition) is 1. The van der Waals surface area contributed by atoms with Crippen LogP contribution in [0.1, 0.15) is 23.6 Å². The van der Waals surface area contributed by atoms with E-state index < -0.39 is 0 Å². The fourth-order valence-electron chi connectivity index (χ4n) is 1.71. The lowest BCUT2D eigenvalue weighted by Crippen LogP contribution is -2.06. The van der Waals surface area contributed by atoms with Gasteiger partial charge in [0.2, 0.25) is 0 Å². The van der Waals surface area contributed by atoms with Crippen LogP contribution >= 0.6 is 15.9 Å². The minimum atomic E-state index is -0.124. The Bertz CT molecular complexity index is 325. The van der Waals surface area contributed by atoms with Crippen LogP contribution in [0.25, 0.3) is 0 Å². The largest absolute Gasteiger partial charge is 0.324 e. The second kappa shape index (κ2) is 2.82. The van der Waals surface area contributed by atoms with Gasteiger partial charge in [-0.2, -0.15) is 0 Å². The van der Waals surface area contributed by atoms with Gasteiger partial charge in [0.05, 0.1) is 0 Å². The van der Waals surface area contributed by atoms with Crippen molar-refractivity contribution in [2.24, 2.45) is 5.73 Å². The third-order valence-corrected chi connectivity index (χ3v) is 3.01. The summed E-state index contributed by atoms with van der Waals surface area (Å²) in [4.78, 5) is 0. The van der Waals surface area contributed by atoms with Gasteiger partial charge >= 0.3 is 0 Å². The number of nitrogens with two attached hydrogens (primary N) is 1. The first-order valence-electron chi connectivity index (χ1n) is 3.92. The maximum Gasteiger partial charge on any atom is 0.126 e. The van der Waals surface area contributed by atoms with Crippen molar-refractivity contribution in [3.8, 4) is 0 Å². The maximum atomic E-state index is 13.2. The Morgan fingerprint density at radius 2 is 2.25 bits per heavy atom. The first-order valence-corrected chi connectivity index (χ1v) is 4.72. The molecule has 1 aromatic rings. The predicted molar refractivity (Wildman–Crippen MR) is 49.3 cm³/mol. The highest BCUT2D eigenvalue weighted by molar-refractivity contribution is 9.10. The van der Waals surface area contributed by atoms with Gasteiger partial charge in [-0.25, -0.2) is 4.39 Å². The zero-order valence-electron chi connectivity index (χ0n) is 6.48. The van der Waals surface area contributed by atoms with E-state index in [0.29, 0.717) is 0 Å². The van der Waals surface area contributed by atoms with Crippen LogP contribution in [-0.4, -0.2) is 0 Å². The van der Waals surface area contributed by atoms with Crippen molar-refractivity contribution >= 4 is 15.9 Å². The molecule has 1 aliphatic carbocycles. The molecule has 0 radical (unpaired) electrons. The van der Waals surface area contributed by atoms with Gasteiger partial charge in [0, 0.05) is 10.5 Å². The lowest BCUT2D eigenvalue weighted by Gasteiger charge is -2.07. The maximum absolute atomic E-state index is 13.2. The van der Waals surface area contributed by atoms with Crippen LogP contribution in [0.2, 0.25) is 0 Å². The van der Waals surface area contributed by atoms with E-state index in [1.54, 1.807) is 6.07 Å². The van der Waals surface area contributed by atoms with Crippen LogP contribution in [0.4, 0.5) is 4.39 Å². The second-order valence-electron chi connectivity index (χ2n) is 3.07. The van der Waals surface area contributed by atoms with E-state index >= 15 is 0 Å². The Morgan fingerprint density at radius 3 is 2.92 bits per heavy atom. The lowest BCUT2D eigenvalue weighted by molar-refractivity contribution is 0.612. The molecule has 2 N–H and O–H groups in total. The molecular weight excluding hydrogens is 221 g/mol. The summed E-state index contributed by atoms with van der Waals surface area (Å²) in [6, 6.07) is 3.21. The van der Waals surface area contributed by atoms with Crippen LogP contribution in [0.15, 0.2) is 16.6 Å². The molecule has 1 atom stereocenters. The van der Waals surface area contributed by atoms with Crippen molar-refractivity contribution in [2.45, 2.75) is 18.9 Å². The highest BCUT2D eigenvalue weighted by atomic mass is 79.9. The van der Waals surface area contributed by atoms with E-state index in [-0.39, 0.29) is 11.9 Å². The van der Waals surface area contributed by atoms with Crippen LogP contribution in [0.3, 0.4) is 0 Å². The predicted octanol–water partition coefficient (Wildman–Crippen LogP) is 2.53. The molecule has 1 aromatic carbocycles. The van der Waals surface area contributed by atoms with Crippen molar-refractivity contribution in [3.63, 3.8) is 0 Å². The SMILES string of the molecule is NC1CCc2c(F)ccc(Br)c21. The molecule has 1 nitrogen and oxygen atoms in total. The molecule has 3 heteroatoms. The molecule has 64 valence electrons. The summed E-state index contributed by atoms with van der Waals surface area (Å²) >= 11 is 3.38. The number of rotatable bonds is 0. The minimum absolute atomic E-state index is 0.00470. The first-order chi connectivity index (χ1) is 5.70. The van der Waals surface area contributed by atoms with Crippen LogP contribution in [0, 0.1) is 5.82 Å². The molecule has 2 rings (SSSR count). The summed E-state index contributed by atoms with van der Waals surface area (Å²) in [5, 5.41) is 0. The van der Waals surface area contributed by atoms with E-state index in [1.165, 1.54) is 6.07 Å². The Hall–Kier alpha value is -0.410. The normalized spacial score (nSPS) is 21.1. The van der Waals surface area contributed by atoms with Gasteiger partial charge in [-0.3, -0.25) is 0 Å². The molecule has 0 saturated carbocycles. The molecule has 1 aliphatic rings. The van der Waals surface area contributed by atoms with Gasteiger partial charge in [-0.1, -0.05) is 15.9 Å². The third kappa shape index (κ3) is 1.08. The van der Waals surface area contributed by atoms with Crippen molar-refractivity contribution in [3.05, 3.63) is 33.5 Å². The number of halogens is 2. The topological polar surface area (TPSA) is 26.0 Å². The summed E-state index contributed by atoms with van der Waals surface area (Å²) in [5.74, 6) is -0.124. The van der Waals surface area contributed by atoms with E-state index in [0.717, 1.165) is 28.4 Å². The van der Waals surface area contributed by atoms with Crippen LogP contribution in [-0.2, 0) is 6.42 Å². The molecule has 0 spiro atoms. The molecule has 0 amide bonds. The zero-order valence-corrected chi connectivity index (χ0v) is 8.07. The highest BCUT2D eigenvalue weighted by Crippen LogP contribution is 2.36. The molecule has 0 bridgehead atoms. The minimum Gasteiger partial charge on any atom is -0.324 e. The van der Waals surface area contributed by atoms with E-state index in [9.17, 15) is 4.39 Å². The summed E-state index contributed by atoms with van der Waals surface area (Å²) in [7, 11) is 0. The molecule has 0 heterocycles. The fraction of sp³-hybridized carbons (Fsp3) is 0.333. The van der Waals surface area contributed by atoms with Crippen molar-refractivity contribution in [1.29, 1.82) is 0 Å². The smallest absolute Gasteiger partial charge is 0.126 e. The van der Waals surface area contributed by atoms with Crippen LogP contribution in [0.5, 0.6) is 0 Å². The molecule has 1 unspecified atom stereocenters. The van der Waals surface area contributed by atoms with Crippen LogP contribution < -0.4 is 5.73 Å². The molecule has 0 saturated heterocycles. The zero-order chi connectivity index (χ0) is 8.72. The van der Waals surface area contributed by atoms with Crippen molar-refractivity contribution < 1.29 is 4.39 Å². The summed E-state index contributed by atoms with van der Waals surface area (Å²) in [5.41, 5.74) is 7.56. The Labute approximate surface area is 78.9 Å². The standard InChI is InChI=1S/C9H9BrFN/c10-6-2-3-7(11)5-1-4-8(12)9(5)6/h2-3,8H,1,4,12H2. The second-order valence-corrected chi connectivity index (χ2v) is 3.92. The molecule has 12 heavy (non-hydrogen) atoms. The lowest BCUT2D eigenvalue weighted by atomic mass is 10.1. The van der Waals surface area contributed by atoms with Crippen molar-refractivity contribution in [1.82, 2.24) is 0 Å². The first kappa shape index (κ1) is 8.20. The Balaban J connectivity index is 2.64. The quantitative estimate of drug-likeness (QED) is 0.728. The summed E-state index contributed by atoms with van der Waals surface area (Å²) < 4.78 is 14.1. The Morgan fingerprint density at radius 1 is 1.50 bits per heavy atom. The van der Waals surface area contributed by atoms with E-state index in [4.69, 9.17) is 5.73 Å². The average Bonchev–Trinajstić information content (AvgIpc) is 2.42. The van der Waals surface area contributed by atoms with Gasteiger partial charge in [0.15, 0.2) is 0 Å². The monoisotopic (exact) mass is 229 g/mol. The molecule has 0 aromatic heterocycles. The summed E-state index contributed by atoms with van der Waals surface area (Å²) in [6.45, 7) is 0. The fourth-order valence-corrected chi connectivity index (χ4v) is 2.37. The number of fused-ring (bicyclic) bond motifs is 1. The third-order valence-electron chi connectivity index (χ3n) is 2.32. The van der Waals surface area contributed by atoms with Gasteiger partial charge in [-0.05, 0) is 36.1 Å². The molecule has 0 aliphatic heterocycles. The van der Waals surface area contributed by atoms with Gasteiger partial charge in [0.1, 0.15) is 5.82 Å².